The minimum absolute atomic E-state index is 0.234. The number of aromatic amines is 1. The van der Waals surface area contributed by atoms with Crippen LogP contribution in [-0.4, -0.2) is 25.7 Å². The Kier molecular flexibility index (Phi) is 4.72. The fraction of sp³-hybridized carbons (Fsp3) is 0.0870. The summed E-state index contributed by atoms with van der Waals surface area (Å²) < 4.78 is 1.75. The Bertz CT molecular complexity index is 1250. The number of carbonyl (C=O) groups is 1. The molecule has 1 aromatic carbocycles. The molecule has 4 aromatic rings. The highest BCUT2D eigenvalue weighted by Crippen LogP contribution is 2.35. The average Bonchev–Trinajstić information content (AvgIpc) is 3.23. The second-order valence-electron chi connectivity index (χ2n) is 7.15. The van der Waals surface area contributed by atoms with Gasteiger partial charge in [-0.1, -0.05) is 36.4 Å². The summed E-state index contributed by atoms with van der Waals surface area (Å²) in [5.74, 6) is 0.935. The van der Waals surface area contributed by atoms with Gasteiger partial charge in [-0.25, -0.2) is 9.67 Å². The molecular weight excluding hydrogens is 390 g/mol. The summed E-state index contributed by atoms with van der Waals surface area (Å²) in [5, 5.41) is 10.9. The molecule has 152 valence electrons. The molecule has 4 heterocycles. The normalized spacial score (nSPS) is 15.2. The number of nitrogens with one attached hydrogen (secondary N) is 3. The number of hydrogen-bond acceptors (Lipinski definition) is 5. The topological polar surface area (TPSA) is 98.9 Å². The largest absolute Gasteiger partial charge is 0.328 e. The first-order valence-electron chi connectivity index (χ1n) is 9.88. The van der Waals surface area contributed by atoms with Gasteiger partial charge in [-0.15, -0.1) is 5.10 Å². The van der Waals surface area contributed by atoms with Gasteiger partial charge in [-0.3, -0.25) is 9.78 Å². The molecule has 5 rings (SSSR count). The van der Waals surface area contributed by atoms with Gasteiger partial charge in [0.15, 0.2) is 18.1 Å². The maximum absolute atomic E-state index is 13.3. The fourth-order valence-corrected chi connectivity index (χ4v) is 3.65. The van der Waals surface area contributed by atoms with Crippen LogP contribution in [0.4, 0.5) is 11.6 Å². The van der Waals surface area contributed by atoms with E-state index < -0.39 is 6.04 Å². The van der Waals surface area contributed by atoms with Crippen LogP contribution in [0.2, 0.25) is 0 Å². The monoisotopic (exact) mass is 410 g/mol. The zero-order valence-electron chi connectivity index (χ0n) is 16.8. The highest BCUT2D eigenvalue weighted by Gasteiger charge is 2.37. The molecule has 0 saturated heterocycles. The summed E-state index contributed by atoms with van der Waals surface area (Å²) in [4.78, 5) is 25.3. The van der Waals surface area contributed by atoms with Gasteiger partial charge in [-0.2, -0.15) is 4.98 Å². The van der Waals surface area contributed by atoms with E-state index in [9.17, 15) is 4.79 Å². The third-order valence-corrected chi connectivity index (χ3v) is 5.08. The number of carbonyl (C=O) groups excluding carboxylic acids is 1. The average molecular weight is 410 g/mol. The molecule has 1 amide bonds. The highest BCUT2D eigenvalue weighted by atomic mass is 16.1. The molecule has 1 aliphatic heterocycles. The van der Waals surface area contributed by atoms with Crippen LogP contribution in [0.15, 0.2) is 90.5 Å². The van der Waals surface area contributed by atoms with Crippen molar-refractivity contribution >= 4 is 17.5 Å². The number of H-pyrrole nitrogens is 1. The Morgan fingerprint density at radius 3 is 2.68 bits per heavy atom. The number of allylic oxidation sites excluding steroid dienone is 1. The van der Waals surface area contributed by atoms with Crippen molar-refractivity contribution in [3.05, 3.63) is 96.2 Å². The van der Waals surface area contributed by atoms with E-state index in [0.717, 1.165) is 11.3 Å². The SMILES string of the molecule is CC1=C(C(=O)Nc2cccnc2)C(c2cccc[nH+]2)n2nc(-c3ccccc3)nc2N1. The maximum atomic E-state index is 13.3. The second-order valence-corrected chi connectivity index (χ2v) is 7.15. The van der Waals surface area contributed by atoms with E-state index in [-0.39, 0.29) is 5.91 Å². The van der Waals surface area contributed by atoms with Crippen LogP contribution in [0.25, 0.3) is 11.4 Å². The number of anilines is 2. The van der Waals surface area contributed by atoms with Crippen molar-refractivity contribution in [2.75, 3.05) is 10.6 Å². The minimum atomic E-state index is -0.473. The van der Waals surface area contributed by atoms with Crippen molar-refractivity contribution in [2.45, 2.75) is 13.0 Å². The minimum Gasteiger partial charge on any atom is -0.328 e. The van der Waals surface area contributed by atoms with Crippen LogP contribution in [-0.2, 0) is 4.79 Å². The molecule has 8 nitrogen and oxygen atoms in total. The van der Waals surface area contributed by atoms with E-state index in [1.807, 2.05) is 61.7 Å². The van der Waals surface area contributed by atoms with Crippen molar-refractivity contribution in [1.82, 2.24) is 19.7 Å². The number of rotatable bonds is 4. The zero-order chi connectivity index (χ0) is 21.2. The number of amides is 1. The summed E-state index contributed by atoms with van der Waals surface area (Å²) in [6.45, 7) is 1.87. The second kappa shape index (κ2) is 7.83. The van der Waals surface area contributed by atoms with Crippen LogP contribution in [0.5, 0.6) is 0 Å². The fourth-order valence-electron chi connectivity index (χ4n) is 3.65. The summed E-state index contributed by atoms with van der Waals surface area (Å²) in [6, 6.07) is 18.6. The van der Waals surface area contributed by atoms with Crippen molar-refractivity contribution < 1.29 is 9.78 Å². The van der Waals surface area contributed by atoms with Crippen LogP contribution in [0.3, 0.4) is 0 Å². The molecular formula is C23H20N7O+. The van der Waals surface area contributed by atoms with Gasteiger partial charge in [-0.05, 0) is 19.1 Å². The van der Waals surface area contributed by atoms with Gasteiger partial charge in [0.1, 0.15) is 0 Å². The smallest absolute Gasteiger partial charge is 0.256 e. The summed E-state index contributed by atoms with van der Waals surface area (Å²) in [5.41, 5.74) is 3.61. The predicted molar refractivity (Wildman–Crippen MR) is 116 cm³/mol. The Hall–Kier alpha value is -4.33. The number of pyridine rings is 2. The molecule has 8 heteroatoms. The molecule has 0 radical (unpaired) electrons. The molecule has 1 aliphatic rings. The molecule has 0 spiro atoms. The van der Waals surface area contributed by atoms with E-state index in [4.69, 9.17) is 5.10 Å². The van der Waals surface area contributed by atoms with Gasteiger partial charge in [0, 0.05) is 29.6 Å². The standard InChI is InChI=1S/C23H19N7O/c1-15-19(22(31)27-17-10-7-12-24-14-17)20(18-11-5-6-13-25-18)30-23(26-15)28-21(29-30)16-8-3-2-4-9-16/h2-14,20H,1H3,(H,27,31)(H,26,28,29)/p+1. The quantitative estimate of drug-likeness (QED) is 0.539. The van der Waals surface area contributed by atoms with Crippen LogP contribution < -0.4 is 15.6 Å². The predicted octanol–water partition coefficient (Wildman–Crippen LogP) is 3.08. The number of nitrogens with zero attached hydrogens (tertiary/aromatic N) is 4. The number of aromatic nitrogens is 5. The van der Waals surface area contributed by atoms with Gasteiger partial charge in [0.2, 0.25) is 11.6 Å². The van der Waals surface area contributed by atoms with E-state index in [0.29, 0.717) is 28.7 Å². The molecule has 3 N–H and O–H groups in total. The number of fused-ring (bicyclic) bond motifs is 1. The molecule has 31 heavy (non-hydrogen) atoms. The van der Waals surface area contributed by atoms with Crippen molar-refractivity contribution in [2.24, 2.45) is 0 Å². The summed E-state index contributed by atoms with van der Waals surface area (Å²) >= 11 is 0. The van der Waals surface area contributed by atoms with E-state index in [1.54, 1.807) is 29.2 Å². The van der Waals surface area contributed by atoms with E-state index in [1.165, 1.54) is 0 Å². The molecule has 3 aromatic heterocycles. The van der Waals surface area contributed by atoms with Crippen molar-refractivity contribution in [3.8, 4) is 11.4 Å². The third kappa shape index (κ3) is 3.55. The lowest BCUT2D eigenvalue weighted by atomic mass is 9.98. The lowest BCUT2D eigenvalue weighted by Gasteiger charge is -2.26. The Balaban J connectivity index is 1.60. The Morgan fingerprint density at radius 2 is 1.94 bits per heavy atom. The van der Waals surface area contributed by atoms with E-state index in [2.05, 4.69) is 25.6 Å². The molecule has 0 fully saturated rings. The first-order chi connectivity index (χ1) is 15.2. The number of hydrogen-bond donors (Lipinski definition) is 2. The number of benzene rings is 1. The maximum Gasteiger partial charge on any atom is 0.256 e. The Labute approximate surface area is 178 Å². The molecule has 0 bridgehead atoms. The Morgan fingerprint density at radius 1 is 1.10 bits per heavy atom. The molecule has 0 aliphatic carbocycles. The van der Waals surface area contributed by atoms with Crippen LogP contribution in [0, 0.1) is 0 Å². The van der Waals surface area contributed by atoms with Crippen LogP contribution >= 0.6 is 0 Å². The molecule has 1 unspecified atom stereocenters. The lowest BCUT2D eigenvalue weighted by molar-refractivity contribution is -0.393. The first kappa shape index (κ1) is 18.7. The summed E-state index contributed by atoms with van der Waals surface area (Å²) in [7, 11) is 0. The van der Waals surface area contributed by atoms with Gasteiger partial charge < -0.3 is 10.6 Å². The highest BCUT2D eigenvalue weighted by molar-refractivity contribution is 6.05. The first-order valence-corrected chi connectivity index (χ1v) is 9.88. The van der Waals surface area contributed by atoms with Gasteiger partial charge >= 0.3 is 0 Å². The van der Waals surface area contributed by atoms with Crippen LogP contribution in [0.1, 0.15) is 18.7 Å². The molecule has 1 atom stereocenters. The van der Waals surface area contributed by atoms with Gasteiger partial charge in [0.25, 0.3) is 5.91 Å². The van der Waals surface area contributed by atoms with Crippen molar-refractivity contribution in [1.29, 1.82) is 0 Å². The molecule has 0 saturated carbocycles. The summed E-state index contributed by atoms with van der Waals surface area (Å²) in [6.07, 6.45) is 5.11. The zero-order valence-corrected chi connectivity index (χ0v) is 16.8. The van der Waals surface area contributed by atoms with Crippen molar-refractivity contribution in [3.63, 3.8) is 0 Å². The third-order valence-electron chi connectivity index (χ3n) is 5.08. The van der Waals surface area contributed by atoms with Gasteiger partial charge in [0.05, 0.1) is 17.5 Å². The van der Waals surface area contributed by atoms with E-state index >= 15 is 0 Å². The lowest BCUT2D eigenvalue weighted by Crippen LogP contribution is -2.34.